The van der Waals surface area contributed by atoms with E-state index >= 15 is 0 Å². The van der Waals surface area contributed by atoms with Crippen LogP contribution >= 0.6 is 11.6 Å². The van der Waals surface area contributed by atoms with E-state index in [9.17, 15) is 19.2 Å². The number of carbonyl (C=O) groups excluding carboxylic acids is 4. The first-order valence-corrected chi connectivity index (χ1v) is 7.11. The van der Waals surface area contributed by atoms with Gasteiger partial charge in [-0.05, 0) is 11.6 Å². The minimum absolute atomic E-state index is 0.211. The van der Waals surface area contributed by atoms with Crippen LogP contribution in [0, 0.1) is 11.8 Å². The van der Waals surface area contributed by atoms with Crippen molar-refractivity contribution in [3.63, 3.8) is 0 Å². The molecule has 0 rings (SSSR count). The molecule has 7 nitrogen and oxygen atoms in total. The van der Waals surface area contributed by atoms with Crippen LogP contribution in [0.5, 0.6) is 0 Å². The van der Waals surface area contributed by atoms with Gasteiger partial charge in [-0.1, -0.05) is 13.8 Å². The van der Waals surface area contributed by atoms with E-state index in [1.165, 1.54) is 27.7 Å². The molecule has 1 unspecified atom stereocenters. The molecule has 0 aromatic rings. The van der Waals surface area contributed by atoms with Crippen LogP contribution in [0.1, 0.15) is 34.6 Å². The Morgan fingerprint density at radius 1 is 0.909 bits per heavy atom. The maximum absolute atomic E-state index is 11.4. The van der Waals surface area contributed by atoms with Crippen molar-refractivity contribution in [2.24, 2.45) is 11.8 Å². The van der Waals surface area contributed by atoms with E-state index < -0.39 is 47.2 Å². The second-order valence-corrected chi connectivity index (χ2v) is 5.35. The number of ether oxygens (including phenoxy) is 3. The van der Waals surface area contributed by atoms with Crippen LogP contribution in [-0.2, 0) is 33.4 Å². The van der Waals surface area contributed by atoms with Gasteiger partial charge in [0, 0.05) is 26.7 Å². The first kappa shape index (κ1) is 20.4. The molecule has 0 aromatic carbocycles. The molecule has 0 heterocycles. The van der Waals surface area contributed by atoms with Crippen LogP contribution in [0.25, 0.3) is 0 Å². The second kappa shape index (κ2) is 9.40. The van der Waals surface area contributed by atoms with Crippen molar-refractivity contribution in [3.8, 4) is 0 Å². The SMILES string of the molecule is CC(=O)OCC(OC(C)=O)[C@@H](C)[C@H](OC(C)=O)[C@@H](C)C(=O)Cl. The van der Waals surface area contributed by atoms with Gasteiger partial charge in [-0.2, -0.15) is 0 Å². The molecule has 0 fully saturated rings. The maximum atomic E-state index is 11.4. The Kier molecular flexibility index (Phi) is 8.70. The van der Waals surface area contributed by atoms with Crippen LogP contribution in [0.3, 0.4) is 0 Å². The molecule has 0 aromatic heterocycles. The monoisotopic (exact) mass is 336 g/mol. The van der Waals surface area contributed by atoms with Gasteiger partial charge >= 0.3 is 17.9 Å². The molecule has 0 radical (unpaired) electrons. The average Bonchev–Trinajstić information content (AvgIpc) is 2.38. The molecule has 0 spiro atoms. The van der Waals surface area contributed by atoms with E-state index in [2.05, 4.69) is 0 Å². The first-order chi connectivity index (χ1) is 10.1. The number of carbonyl (C=O) groups is 4. The van der Waals surface area contributed by atoms with Crippen LogP contribution < -0.4 is 0 Å². The van der Waals surface area contributed by atoms with Gasteiger partial charge in [-0.15, -0.1) is 0 Å². The lowest BCUT2D eigenvalue weighted by atomic mass is 9.89. The molecule has 0 N–H and O–H groups in total. The van der Waals surface area contributed by atoms with Crippen LogP contribution in [0.15, 0.2) is 0 Å². The number of esters is 3. The largest absolute Gasteiger partial charge is 0.462 e. The topological polar surface area (TPSA) is 96.0 Å². The molecule has 126 valence electrons. The van der Waals surface area contributed by atoms with E-state index in [0.717, 1.165) is 0 Å². The summed E-state index contributed by atoms with van der Waals surface area (Å²) in [4.78, 5) is 44.7. The summed E-state index contributed by atoms with van der Waals surface area (Å²) in [5.41, 5.74) is 0. The summed E-state index contributed by atoms with van der Waals surface area (Å²) < 4.78 is 15.1. The van der Waals surface area contributed by atoms with Crippen LogP contribution in [0.4, 0.5) is 0 Å². The quantitative estimate of drug-likeness (QED) is 0.376. The Balaban J connectivity index is 5.24. The Morgan fingerprint density at radius 2 is 1.41 bits per heavy atom. The molecule has 0 aliphatic rings. The first-order valence-electron chi connectivity index (χ1n) is 6.73. The van der Waals surface area contributed by atoms with Gasteiger partial charge in [0.15, 0.2) is 0 Å². The highest BCUT2D eigenvalue weighted by Gasteiger charge is 2.37. The van der Waals surface area contributed by atoms with Crippen LogP contribution in [0.2, 0.25) is 0 Å². The number of rotatable bonds is 8. The Morgan fingerprint density at radius 3 is 1.77 bits per heavy atom. The highest BCUT2D eigenvalue weighted by Crippen LogP contribution is 2.24. The standard InChI is InChI=1S/C14H21ClO7/c1-7(12(21-10(4)17)6-20-9(3)16)13(22-11(5)18)8(2)14(15)19/h7-8,12-13H,6H2,1-5H3/t7-,8-,12?,13+/m1/s1. The summed E-state index contributed by atoms with van der Waals surface area (Å²) in [6, 6.07) is 0. The van der Waals surface area contributed by atoms with Gasteiger partial charge in [-0.3, -0.25) is 19.2 Å². The van der Waals surface area contributed by atoms with Gasteiger partial charge in [-0.25, -0.2) is 0 Å². The van der Waals surface area contributed by atoms with Gasteiger partial charge in [0.25, 0.3) is 0 Å². The normalized spacial score (nSPS) is 15.9. The predicted molar refractivity (Wildman–Crippen MR) is 76.9 cm³/mol. The maximum Gasteiger partial charge on any atom is 0.303 e. The van der Waals surface area contributed by atoms with Crippen molar-refractivity contribution >= 4 is 34.8 Å². The molecule has 0 bridgehead atoms. The average molecular weight is 337 g/mol. The van der Waals surface area contributed by atoms with E-state index in [-0.39, 0.29) is 6.61 Å². The molecule has 0 amide bonds. The van der Waals surface area contributed by atoms with E-state index in [1.807, 2.05) is 0 Å². The summed E-state index contributed by atoms with van der Waals surface area (Å²) >= 11 is 5.47. The molecule has 0 aliphatic heterocycles. The highest BCUT2D eigenvalue weighted by molar-refractivity contribution is 6.64. The fraction of sp³-hybridized carbons (Fsp3) is 0.714. The Hall–Kier alpha value is -1.63. The minimum Gasteiger partial charge on any atom is -0.462 e. The number of halogens is 1. The predicted octanol–water partition coefficient (Wildman–Crippen LogP) is 1.45. The zero-order valence-corrected chi connectivity index (χ0v) is 14.0. The van der Waals surface area contributed by atoms with Crippen molar-refractivity contribution in [3.05, 3.63) is 0 Å². The third-order valence-corrected chi connectivity index (χ3v) is 3.37. The molecule has 8 heteroatoms. The van der Waals surface area contributed by atoms with Gasteiger partial charge < -0.3 is 14.2 Å². The zero-order valence-electron chi connectivity index (χ0n) is 13.3. The Labute approximate surface area is 134 Å². The zero-order chi connectivity index (χ0) is 17.4. The lowest BCUT2D eigenvalue weighted by Crippen LogP contribution is -2.43. The third-order valence-electron chi connectivity index (χ3n) is 3.03. The van der Waals surface area contributed by atoms with E-state index in [4.69, 9.17) is 25.8 Å². The Bertz CT molecular complexity index is 435. The lowest BCUT2D eigenvalue weighted by molar-refractivity contribution is -0.169. The molecular formula is C14H21ClO7. The van der Waals surface area contributed by atoms with Crippen molar-refractivity contribution < 1.29 is 33.4 Å². The van der Waals surface area contributed by atoms with Crippen molar-refractivity contribution in [1.82, 2.24) is 0 Å². The third kappa shape index (κ3) is 7.40. The highest BCUT2D eigenvalue weighted by atomic mass is 35.5. The molecular weight excluding hydrogens is 316 g/mol. The number of hydrogen-bond acceptors (Lipinski definition) is 7. The fourth-order valence-electron chi connectivity index (χ4n) is 1.90. The van der Waals surface area contributed by atoms with Crippen molar-refractivity contribution in [2.45, 2.75) is 46.8 Å². The molecule has 0 aliphatic carbocycles. The molecule has 0 saturated carbocycles. The smallest absolute Gasteiger partial charge is 0.303 e. The molecule has 22 heavy (non-hydrogen) atoms. The summed E-state index contributed by atoms with van der Waals surface area (Å²) in [5.74, 6) is -3.15. The second-order valence-electron chi connectivity index (χ2n) is 4.98. The lowest BCUT2D eigenvalue weighted by Gasteiger charge is -2.32. The van der Waals surface area contributed by atoms with Gasteiger partial charge in [0.1, 0.15) is 18.8 Å². The number of hydrogen-bond donors (Lipinski definition) is 0. The minimum atomic E-state index is -0.914. The van der Waals surface area contributed by atoms with E-state index in [1.54, 1.807) is 6.92 Å². The summed E-state index contributed by atoms with van der Waals surface area (Å²) in [6.07, 6.45) is -1.79. The summed E-state index contributed by atoms with van der Waals surface area (Å²) in [7, 11) is 0. The molecule has 4 atom stereocenters. The van der Waals surface area contributed by atoms with Crippen molar-refractivity contribution in [2.75, 3.05) is 6.61 Å². The van der Waals surface area contributed by atoms with Crippen LogP contribution in [-0.4, -0.2) is 42.0 Å². The van der Waals surface area contributed by atoms with Gasteiger partial charge in [0.2, 0.25) is 5.24 Å². The summed E-state index contributed by atoms with van der Waals surface area (Å²) in [6.45, 7) is 6.50. The van der Waals surface area contributed by atoms with Gasteiger partial charge in [0.05, 0.1) is 5.92 Å². The molecule has 0 saturated heterocycles. The van der Waals surface area contributed by atoms with Crippen molar-refractivity contribution in [1.29, 1.82) is 0 Å². The van der Waals surface area contributed by atoms with E-state index in [0.29, 0.717) is 0 Å². The fourth-order valence-corrected chi connectivity index (χ4v) is 2.03. The summed E-state index contributed by atoms with van der Waals surface area (Å²) in [5, 5.41) is -0.688.